The van der Waals surface area contributed by atoms with Crippen LogP contribution in [0.5, 0.6) is 0 Å². The zero-order valence-corrected chi connectivity index (χ0v) is 11.1. The van der Waals surface area contributed by atoms with E-state index in [0.717, 1.165) is 25.8 Å². The first-order valence-corrected chi connectivity index (χ1v) is 6.13. The zero-order chi connectivity index (χ0) is 14.3. The molecule has 0 spiro atoms. The number of hydrogen-bond acceptors (Lipinski definition) is 6. The van der Waals surface area contributed by atoms with Gasteiger partial charge in [-0.15, -0.1) is 0 Å². The molecule has 0 saturated heterocycles. The summed E-state index contributed by atoms with van der Waals surface area (Å²) in [5.74, 6) is 0.389. The lowest BCUT2D eigenvalue weighted by Gasteiger charge is -2.18. The number of likely N-dealkylation sites (N-methyl/N-ethyl adjacent to an activating group) is 1. The Morgan fingerprint density at radius 1 is 1.53 bits per heavy atom. The van der Waals surface area contributed by atoms with Gasteiger partial charge in [-0.05, 0) is 13.1 Å². The van der Waals surface area contributed by atoms with E-state index in [9.17, 15) is 10.1 Å². The summed E-state index contributed by atoms with van der Waals surface area (Å²) in [5.41, 5.74) is 0.0135. The Bertz CT molecular complexity index is 479. The molecular weight excluding hydrogens is 246 g/mol. The minimum atomic E-state index is -0.562. The second-order valence-corrected chi connectivity index (χ2v) is 3.91. The maximum Gasteiger partial charge on any atom is 0.289 e. The number of anilines is 1. The van der Waals surface area contributed by atoms with Gasteiger partial charge in [-0.25, -0.2) is 4.98 Å². The molecule has 0 fully saturated rings. The molecule has 1 aromatic heterocycles. The smallest absolute Gasteiger partial charge is 0.289 e. The van der Waals surface area contributed by atoms with Crippen molar-refractivity contribution in [2.24, 2.45) is 0 Å². The monoisotopic (exact) mass is 263 g/mol. The summed E-state index contributed by atoms with van der Waals surface area (Å²) in [4.78, 5) is 16.2. The van der Waals surface area contributed by atoms with E-state index in [1.165, 1.54) is 6.07 Å². The Morgan fingerprint density at radius 2 is 2.21 bits per heavy atom. The van der Waals surface area contributed by atoms with Gasteiger partial charge >= 0.3 is 0 Å². The van der Waals surface area contributed by atoms with Crippen molar-refractivity contribution in [3.63, 3.8) is 0 Å². The lowest BCUT2D eigenvalue weighted by Crippen LogP contribution is -2.28. The Labute approximate surface area is 112 Å². The molecule has 102 valence electrons. The highest BCUT2D eigenvalue weighted by atomic mass is 16.6. The van der Waals surface area contributed by atoms with E-state index in [1.807, 2.05) is 6.07 Å². The molecule has 7 heteroatoms. The number of rotatable bonds is 7. The largest absolute Gasteiger partial charge is 0.368 e. The van der Waals surface area contributed by atoms with Crippen molar-refractivity contribution in [2.45, 2.75) is 13.8 Å². The Kier molecular flexibility index (Phi) is 5.70. The summed E-state index contributed by atoms with van der Waals surface area (Å²) in [5, 5.41) is 22.6. The molecule has 0 atom stereocenters. The molecule has 0 radical (unpaired) electrons. The fourth-order valence-electron chi connectivity index (χ4n) is 1.65. The highest BCUT2D eigenvalue weighted by molar-refractivity contribution is 5.55. The third-order valence-electron chi connectivity index (χ3n) is 2.82. The minimum Gasteiger partial charge on any atom is -0.368 e. The molecule has 0 aromatic carbocycles. The molecule has 1 heterocycles. The van der Waals surface area contributed by atoms with Crippen molar-refractivity contribution < 1.29 is 4.92 Å². The number of aromatic nitrogens is 1. The lowest BCUT2D eigenvalue weighted by molar-refractivity contribution is -0.385. The van der Waals surface area contributed by atoms with E-state index in [0.29, 0.717) is 12.4 Å². The van der Waals surface area contributed by atoms with Gasteiger partial charge in [-0.2, -0.15) is 5.26 Å². The van der Waals surface area contributed by atoms with E-state index < -0.39 is 4.92 Å². The van der Waals surface area contributed by atoms with Gasteiger partial charge in [0.15, 0.2) is 0 Å². The van der Waals surface area contributed by atoms with Crippen LogP contribution in [0.3, 0.4) is 0 Å². The fraction of sp³-hybridized carbons (Fsp3) is 0.500. The van der Waals surface area contributed by atoms with Crippen molar-refractivity contribution >= 4 is 11.5 Å². The third kappa shape index (κ3) is 4.19. The van der Waals surface area contributed by atoms with Crippen LogP contribution in [-0.4, -0.2) is 41.0 Å². The second kappa shape index (κ2) is 7.28. The second-order valence-electron chi connectivity index (χ2n) is 3.91. The molecule has 0 aliphatic rings. The van der Waals surface area contributed by atoms with Crippen LogP contribution in [0.2, 0.25) is 0 Å². The van der Waals surface area contributed by atoms with E-state index >= 15 is 0 Å². The Balaban J connectivity index is 2.69. The van der Waals surface area contributed by atoms with Crippen LogP contribution in [0.25, 0.3) is 0 Å². The predicted octanol–water partition coefficient (Wildman–Crippen LogP) is 1.62. The number of nitro groups is 1. The summed E-state index contributed by atoms with van der Waals surface area (Å²) in [7, 11) is 0. The minimum absolute atomic E-state index is 0.175. The number of nitrogens with zero attached hydrogens (tertiary/aromatic N) is 4. The van der Waals surface area contributed by atoms with Gasteiger partial charge in [-0.3, -0.25) is 10.1 Å². The first-order chi connectivity index (χ1) is 9.12. The summed E-state index contributed by atoms with van der Waals surface area (Å²) >= 11 is 0. The molecule has 1 aromatic rings. The first-order valence-electron chi connectivity index (χ1n) is 6.13. The predicted molar refractivity (Wildman–Crippen MR) is 71.9 cm³/mol. The average Bonchev–Trinajstić information content (AvgIpc) is 2.43. The van der Waals surface area contributed by atoms with E-state index in [4.69, 9.17) is 5.26 Å². The Hall–Kier alpha value is -2.20. The number of hydrogen-bond donors (Lipinski definition) is 1. The molecule has 1 N–H and O–H groups in total. The molecule has 0 amide bonds. The highest BCUT2D eigenvalue weighted by Gasteiger charge is 2.11. The maximum atomic E-state index is 10.6. The van der Waals surface area contributed by atoms with Crippen LogP contribution < -0.4 is 5.32 Å². The van der Waals surface area contributed by atoms with Crippen LogP contribution in [-0.2, 0) is 0 Å². The van der Waals surface area contributed by atoms with Crippen LogP contribution in [0.1, 0.15) is 19.4 Å². The molecule has 0 aliphatic carbocycles. The normalized spacial score (nSPS) is 10.2. The first kappa shape index (κ1) is 14.9. The van der Waals surface area contributed by atoms with Crippen molar-refractivity contribution in [3.05, 3.63) is 27.9 Å². The van der Waals surface area contributed by atoms with Crippen molar-refractivity contribution in [2.75, 3.05) is 31.5 Å². The van der Waals surface area contributed by atoms with Crippen molar-refractivity contribution in [3.8, 4) is 6.07 Å². The summed E-state index contributed by atoms with van der Waals surface area (Å²) in [6, 6.07) is 3.14. The van der Waals surface area contributed by atoms with Gasteiger partial charge in [0, 0.05) is 19.2 Å². The van der Waals surface area contributed by atoms with E-state index in [-0.39, 0.29) is 11.3 Å². The SMILES string of the molecule is CCN(CC)CCNc1ncc([N+](=O)[O-])cc1C#N. The topological polar surface area (TPSA) is 95.1 Å². The highest BCUT2D eigenvalue weighted by Crippen LogP contribution is 2.17. The molecule has 1 rings (SSSR count). The van der Waals surface area contributed by atoms with Gasteiger partial charge in [0.05, 0.1) is 4.92 Å². The standard InChI is InChI=1S/C12H17N5O2/c1-3-16(4-2)6-5-14-12-10(8-13)7-11(9-15-12)17(18)19/h7,9H,3-6H2,1-2H3,(H,14,15). The zero-order valence-electron chi connectivity index (χ0n) is 11.1. The van der Waals surface area contributed by atoms with Crippen molar-refractivity contribution in [1.29, 1.82) is 5.26 Å². The quantitative estimate of drug-likeness (QED) is 0.593. The maximum absolute atomic E-state index is 10.6. The van der Waals surface area contributed by atoms with Crippen molar-refractivity contribution in [1.82, 2.24) is 9.88 Å². The third-order valence-corrected chi connectivity index (χ3v) is 2.82. The lowest BCUT2D eigenvalue weighted by atomic mass is 10.2. The summed E-state index contributed by atoms with van der Waals surface area (Å²) in [6.07, 6.45) is 1.15. The van der Waals surface area contributed by atoms with Gasteiger partial charge < -0.3 is 10.2 Å². The average molecular weight is 263 g/mol. The Morgan fingerprint density at radius 3 is 2.74 bits per heavy atom. The van der Waals surface area contributed by atoms with Gasteiger partial charge in [0.25, 0.3) is 5.69 Å². The molecule has 0 unspecified atom stereocenters. The van der Waals surface area contributed by atoms with Gasteiger partial charge in [0.2, 0.25) is 0 Å². The van der Waals surface area contributed by atoms with Crippen LogP contribution >= 0.6 is 0 Å². The summed E-state index contributed by atoms with van der Waals surface area (Å²) < 4.78 is 0. The molecule has 7 nitrogen and oxygen atoms in total. The van der Waals surface area contributed by atoms with Crippen LogP contribution in [0.4, 0.5) is 11.5 Å². The van der Waals surface area contributed by atoms with Gasteiger partial charge in [0.1, 0.15) is 23.6 Å². The van der Waals surface area contributed by atoms with E-state index in [1.54, 1.807) is 0 Å². The van der Waals surface area contributed by atoms with Crippen LogP contribution in [0, 0.1) is 21.4 Å². The van der Waals surface area contributed by atoms with Gasteiger partial charge in [-0.1, -0.05) is 13.8 Å². The van der Waals surface area contributed by atoms with Crippen LogP contribution in [0.15, 0.2) is 12.3 Å². The molecule has 0 bridgehead atoms. The molecule has 0 aliphatic heterocycles. The molecule has 0 saturated carbocycles. The molecule has 19 heavy (non-hydrogen) atoms. The number of nitrogens with one attached hydrogen (secondary N) is 1. The number of nitriles is 1. The summed E-state index contributed by atoms with van der Waals surface area (Å²) in [6.45, 7) is 7.54. The molecular formula is C12H17N5O2. The number of pyridine rings is 1. The van der Waals surface area contributed by atoms with E-state index in [2.05, 4.69) is 29.0 Å². The fourth-order valence-corrected chi connectivity index (χ4v) is 1.65.